The summed E-state index contributed by atoms with van der Waals surface area (Å²) in [5.41, 5.74) is 0.110. The molecule has 0 aliphatic rings. The number of halogens is 3. The predicted octanol–water partition coefficient (Wildman–Crippen LogP) is 2.81. The number of thioether (sulfide) groups is 1. The molecule has 18 heavy (non-hydrogen) atoms. The Bertz CT molecular complexity index is 433. The van der Waals surface area contributed by atoms with E-state index in [0.717, 1.165) is 17.8 Å². The first kappa shape index (κ1) is 15.7. The van der Waals surface area contributed by atoms with Gasteiger partial charge in [0.1, 0.15) is 11.9 Å². The number of carbonyl (C=O) groups is 1. The first-order valence-electron chi connectivity index (χ1n) is 4.97. The molecule has 1 aromatic rings. The van der Waals surface area contributed by atoms with Gasteiger partial charge in [-0.05, 0) is 17.7 Å². The monoisotopic (exact) mass is 312 g/mol. The Balaban J connectivity index is 2.83. The second kappa shape index (κ2) is 6.73. The van der Waals surface area contributed by atoms with Crippen molar-refractivity contribution in [1.29, 1.82) is 0 Å². The maximum atomic E-state index is 13.3. The highest BCUT2D eigenvalue weighted by atomic mass is 35.5. The van der Waals surface area contributed by atoms with Crippen LogP contribution in [0.25, 0.3) is 0 Å². The second-order valence-corrected chi connectivity index (χ2v) is 5.60. The van der Waals surface area contributed by atoms with Gasteiger partial charge in [0, 0.05) is 12.7 Å². The second-order valence-electron chi connectivity index (χ2n) is 3.61. The van der Waals surface area contributed by atoms with Crippen molar-refractivity contribution < 1.29 is 19.4 Å². The first-order chi connectivity index (χ1) is 8.32. The lowest BCUT2D eigenvalue weighted by molar-refractivity contribution is -0.109. The van der Waals surface area contributed by atoms with Crippen LogP contribution < -0.4 is 0 Å². The van der Waals surface area contributed by atoms with Gasteiger partial charge in [-0.25, -0.2) is 4.39 Å². The van der Waals surface area contributed by atoms with E-state index in [0.29, 0.717) is 0 Å². The summed E-state index contributed by atoms with van der Waals surface area (Å²) in [5, 5.41) is 19.0. The van der Waals surface area contributed by atoms with Gasteiger partial charge in [0.15, 0.2) is 5.12 Å². The number of hydrogen-bond acceptors (Lipinski definition) is 4. The predicted molar refractivity (Wildman–Crippen MR) is 70.5 cm³/mol. The molecule has 0 spiro atoms. The molecule has 0 saturated carbocycles. The summed E-state index contributed by atoms with van der Waals surface area (Å²) in [5.74, 6) is -0.761. The lowest BCUT2D eigenvalue weighted by atomic mass is 10.1. The third kappa shape index (κ3) is 4.10. The smallest absolute Gasteiger partial charge is 0.185 e. The Morgan fingerprint density at radius 1 is 1.44 bits per heavy atom. The van der Waals surface area contributed by atoms with E-state index in [1.165, 1.54) is 13.0 Å². The molecule has 0 aliphatic heterocycles. The van der Waals surface area contributed by atoms with Crippen molar-refractivity contribution in [2.45, 2.75) is 19.1 Å². The van der Waals surface area contributed by atoms with Gasteiger partial charge >= 0.3 is 0 Å². The maximum absolute atomic E-state index is 13.3. The fourth-order valence-corrected chi connectivity index (χ4v) is 2.18. The van der Waals surface area contributed by atoms with Gasteiger partial charge in [-0.15, -0.1) is 0 Å². The summed E-state index contributed by atoms with van der Waals surface area (Å²) >= 11 is 12.1. The van der Waals surface area contributed by atoms with Crippen LogP contribution in [0.1, 0.15) is 18.6 Å². The van der Waals surface area contributed by atoms with E-state index >= 15 is 0 Å². The zero-order valence-corrected chi connectivity index (χ0v) is 11.7. The van der Waals surface area contributed by atoms with Crippen LogP contribution in [0.3, 0.4) is 0 Å². The van der Waals surface area contributed by atoms with Crippen LogP contribution in [-0.4, -0.2) is 27.2 Å². The van der Waals surface area contributed by atoms with E-state index in [4.69, 9.17) is 23.2 Å². The first-order valence-corrected chi connectivity index (χ1v) is 6.71. The molecular weight excluding hydrogens is 302 g/mol. The van der Waals surface area contributed by atoms with Gasteiger partial charge in [-0.1, -0.05) is 35.0 Å². The van der Waals surface area contributed by atoms with E-state index in [-0.39, 0.29) is 26.5 Å². The fourth-order valence-electron chi connectivity index (χ4n) is 1.26. The molecule has 0 aliphatic carbocycles. The average molecular weight is 313 g/mol. The number of aliphatic hydroxyl groups is 2. The number of hydrogen-bond donors (Lipinski definition) is 2. The van der Waals surface area contributed by atoms with Crippen molar-refractivity contribution >= 4 is 40.1 Å². The molecule has 7 heteroatoms. The molecule has 1 aromatic carbocycles. The van der Waals surface area contributed by atoms with E-state index in [1.807, 2.05) is 0 Å². The zero-order valence-electron chi connectivity index (χ0n) is 9.36. The molecule has 3 nitrogen and oxygen atoms in total. The van der Waals surface area contributed by atoms with Crippen molar-refractivity contribution in [3.63, 3.8) is 0 Å². The molecule has 100 valence electrons. The Labute approximate surface area is 118 Å². The quantitative estimate of drug-likeness (QED) is 0.839. The number of carbonyl (C=O) groups excluding carboxylic acids is 1. The van der Waals surface area contributed by atoms with Gasteiger partial charge in [0.25, 0.3) is 0 Å². The molecule has 0 bridgehead atoms. The van der Waals surface area contributed by atoms with Crippen molar-refractivity contribution in [2.75, 3.05) is 5.75 Å². The minimum atomic E-state index is -1.33. The van der Waals surface area contributed by atoms with Crippen LogP contribution in [-0.2, 0) is 4.79 Å². The molecule has 2 N–H and O–H groups in total. The highest BCUT2D eigenvalue weighted by molar-refractivity contribution is 8.13. The van der Waals surface area contributed by atoms with Crippen LogP contribution in [0.2, 0.25) is 10.0 Å². The molecule has 0 aromatic heterocycles. The molecule has 2 unspecified atom stereocenters. The third-order valence-electron chi connectivity index (χ3n) is 2.17. The van der Waals surface area contributed by atoms with Crippen LogP contribution in [0.15, 0.2) is 12.1 Å². The van der Waals surface area contributed by atoms with Gasteiger partial charge in [-0.3, -0.25) is 4.79 Å². The maximum Gasteiger partial charge on any atom is 0.185 e. The molecule has 1 rings (SSSR count). The minimum Gasteiger partial charge on any atom is -0.389 e. The molecular formula is C11H11Cl2FO3S. The van der Waals surface area contributed by atoms with Crippen LogP contribution in [0.5, 0.6) is 0 Å². The standard InChI is InChI=1S/C11H11Cl2FO3S/c1-5(15)18-4-9(16)11(17)6-2-7(12)10(13)8(14)3-6/h2-3,9,11,16-17H,4H2,1H3. The van der Waals surface area contributed by atoms with E-state index in [1.54, 1.807) is 0 Å². The van der Waals surface area contributed by atoms with Crippen LogP contribution >= 0.6 is 35.0 Å². The lowest BCUT2D eigenvalue weighted by Crippen LogP contribution is -2.21. The van der Waals surface area contributed by atoms with Crippen LogP contribution in [0, 0.1) is 5.82 Å². The lowest BCUT2D eigenvalue weighted by Gasteiger charge is -2.18. The zero-order chi connectivity index (χ0) is 13.9. The summed E-state index contributed by atoms with van der Waals surface area (Å²) in [7, 11) is 0. The minimum absolute atomic E-state index is 0.0123. The molecule has 2 atom stereocenters. The fraction of sp³-hybridized carbons (Fsp3) is 0.364. The summed E-state index contributed by atoms with van der Waals surface area (Å²) in [6, 6.07) is 2.28. The highest BCUT2D eigenvalue weighted by Gasteiger charge is 2.21. The highest BCUT2D eigenvalue weighted by Crippen LogP contribution is 2.30. The Morgan fingerprint density at radius 2 is 2.06 bits per heavy atom. The molecule has 0 saturated heterocycles. The topological polar surface area (TPSA) is 57.5 Å². The molecule has 0 amide bonds. The Kier molecular flexibility index (Phi) is 5.88. The van der Waals surface area contributed by atoms with Crippen molar-refractivity contribution in [2.24, 2.45) is 0 Å². The summed E-state index contributed by atoms with van der Waals surface area (Å²) in [6.45, 7) is 1.35. The van der Waals surface area contributed by atoms with E-state index in [9.17, 15) is 19.4 Å². The van der Waals surface area contributed by atoms with E-state index in [2.05, 4.69) is 0 Å². The Morgan fingerprint density at radius 3 is 2.56 bits per heavy atom. The SMILES string of the molecule is CC(=O)SCC(O)C(O)c1cc(F)c(Cl)c(Cl)c1. The summed E-state index contributed by atoms with van der Waals surface area (Å²) in [4.78, 5) is 10.7. The van der Waals surface area contributed by atoms with Gasteiger partial charge in [0.05, 0.1) is 16.1 Å². The van der Waals surface area contributed by atoms with Crippen molar-refractivity contribution in [3.05, 3.63) is 33.6 Å². The molecule has 0 radical (unpaired) electrons. The average Bonchev–Trinajstić information content (AvgIpc) is 2.31. The van der Waals surface area contributed by atoms with Crippen LogP contribution in [0.4, 0.5) is 4.39 Å². The van der Waals surface area contributed by atoms with Crippen molar-refractivity contribution in [3.8, 4) is 0 Å². The van der Waals surface area contributed by atoms with Crippen molar-refractivity contribution in [1.82, 2.24) is 0 Å². The molecule has 0 heterocycles. The Hall–Kier alpha value is -0.330. The van der Waals surface area contributed by atoms with Gasteiger partial charge in [0.2, 0.25) is 0 Å². The summed E-state index contributed by atoms with van der Waals surface area (Å²) in [6.07, 6.45) is -2.53. The number of benzene rings is 1. The van der Waals surface area contributed by atoms with Gasteiger partial charge < -0.3 is 10.2 Å². The molecule has 0 fully saturated rings. The summed E-state index contributed by atoms with van der Waals surface area (Å²) < 4.78 is 13.3. The largest absolute Gasteiger partial charge is 0.389 e. The number of rotatable bonds is 4. The number of aliphatic hydroxyl groups excluding tert-OH is 2. The normalized spacial score (nSPS) is 14.3. The van der Waals surface area contributed by atoms with Gasteiger partial charge in [-0.2, -0.15) is 0 Å². The third-order valence-corrected chi connectivity index (χ3v) is 3.86. The van der Waals surface area contributed by atoms with E-state index < -0.39 is 18.0 Å².